The van der Waals surface area contributed by atoms with Gasteiger partial charge in [0.1, 0.15) is 18.0 Å². The molecule has 0 bridgehead atoms. The van der Waals surface area contributed by atoms with Crippen molar-refractivity contribution in [3.05, 3.63) is 70.7 Å². The van der Waals surface area contributed by atoms with Crippen LogP contribution in [0.2, 0.25) is 0 Å². The largest absolute Gasteiger partial charge is 0.480 e. The molecule has 2 N–H and O–H groups in total. The maximum atomic E-state index is 12.5. The van der Waals surface area contributed by atoms with Gasteiger partial charge >= 0.3 is 12.1 Å². The predicted octanol–water partition coefficient (Wildman–Crippen LogP) is 3.66. The summed E-state index contributed by atoms with van der Waals surface area (Å²) in [6.07, 6.45) is 5.78. The number of fused-ring (bicyclic) bond motifs is 3. The fraction of sp³-hybridized carbons (Fsp3) is 0.167. The highest BCUT2D eigenvalue weighted by Crippen LogP contribution is 2.44. The van der Waals surface area contributed by atoms with Crippen molar-refractivity contribution in [3.8, 4) is 23.5 Å². The van der Waals surface area contributed by atoms with E-state index in [1.165, 1.54) is 6.20 Å². The minimum absolute atomic E-state index is 0.0788. The summed E-state index contributed by atoms with van der Waals surface area (Å²) in [5.74, 6) is 0.422. The Morgan fingerprint density at radius 2 is 1.76 bits per heavy atom. The highest BCUT2D eigenvalue weighted by atomic mass is 32.1. The molecule has 9 heteroatoms. The molecule has 0 radical (unpaired) electrons. The van der Waals surface area contributed by atoms with Crippen molar-refractivity contribution in [2.75, 3.05) is 25.0 Å². The van der Waals surface area contributed by atoms with Crippen LogP contribution in [0.25, 0.3) is 11.1 Å². The minimum Gasteiger partial charge on any atom is -0.480 e. The number of carbonyl (C=O) groups is 3. The highest BCUT2D eigenvalue weighted by molar-refractivity contribution is 7.17. The van der Waals surface area contributed by atoms with Crippen molar-refractivity contribution in [1.82, 2.24) is 9.88 Å². The molecule has 1 aromatic heterocycles. The number of carboxylic acid groups (broad SMARTS) is 1. The Hall–Kier alpha value is -4.16. The number of aliphatic carboxylic acids is 1. The van der Waals surface area contributed by atoms with Crippen LogP contribution < -0.4 is 5.32 Å². The van der Waals surface area contributed by atoms with Crippen LogP contribution in [-0.2, 0) is 9.53 Å². The molecule has 0 atom stereocenters. The van der Waals surface area contributed by atoms with Crippen LogP contribution in [-0.4, -0.2) is 52.7 Å². The first-order valence-electron chi connectivity index (χ1n) is 10.00. The van der Waals surface area contributed by atoms with Crippen molar-refractivity contribution in [2.24, 2.45) is 0 Å². The summed E-state index contributed by atoms with van der Waals surface area (Å²) >= 11 is 0.910. The molecule has 1 aliphatic carbocycles. The number of hydrogen-bond donors (Lipinski definition) is 2. The van der Waals surface area contributed by atoms with Gasteiger partial charge in [-0.15, -0.1) is 6.42 Å². The molecule has 0 spiro atoms. The summed E-state index contributed by atoms with van der Waals surface area (Å²) < 4.78 is 5.47. The normalized spacial score (nSPS) is 11.7. The van der Waals surface area contributed by atoms with E-state index in [0.29, 0.717) is 0 Å². The van der Waals surface area contributed by atoms with Gasteiger partial charge in [0.05, 0.1) is 12.7 Å². The molecule has 33 heavy (non-hydrogen) atoms. The lowest BCUT2D eigenvalue weighted by atomic mass is 9.98. The predicted molar refractivity (Wildman–Crippen MR) is 123 cm³/mol. The van der Waals surface area contributed by atoms with Crippen LogP contribution in [0, 0.1) is 12.3 Å². The highest BCUT2D eigenvalue weighted by Gasteiger charge is 2.29. The Bertz CT molecular complexity index is 1220. The van der Waals surface area contributed by atoms with E-state index in [1.54, 1.807) is 0 Å². The van der Waals surface area contributed by atoms with Gasteiger partial charge in [-0.1, -0.05) is 65.8 Å². The average molecular weight is 461 g/mol. The Labute approximate surface area is 193 Å². The number of carboxylic acids is 1. The molecular weight excluding hydrogens is 442 g/mol. The zero-order valence-electron chi connectivity index (χ0n) is 17.4. The number of anilines is 1. The van der Waals surface area contributed by atoms with Gasteiger partial charge in [-0.05, 0) is 22.3 Å². The molecule has 8 nitrogen and oxygen atoms in total. The smallest absolute Gasteiger partial charge is 0.413 e. The monoisotopic (exact) mass is 461 g/mol. The Morgan fingerprint density at radius 1 is 1.12 bits per heavy atom. The lowest BCUT2D eigenvalue weighted by Gasteiger charge is -2.16. The van der Waals surface area contributed by atoms with Crippen LogP contribution >= 0.6 is 11.3 Å². The molecular formula is C24H19N3O5S. The number of carbonyl (C=O) groups excluding carboxylic acids is 2. The van der Waals surface area contributed by atoms with E-state index in [2.05, 4.69) is 28.4 Å². The zero-order valence-corrected chi connectivity index (χ0v) is 18.2. The van der Waals surface area contributed by atoms with E-state index >= 15 is 0 Å². The van der Waals surface area contributed by atoms with Crippen LogP contribution in [0.1, 0.15) is 26.7 Å². The van der Waals surface area contributed by atoms with Crippen molar-refractivity contribution >= 4 is 34.4 Å². The second-order valence-electron chi connectivity index (χ2n) is 7.24. The molecule has 3 aromatic rings. The van der Waals surface area contributed by atoms with E-state index in [0.717, 1.165) is 38.5 Å². The fourth-order valence-corrected chi connectivity index (χ4v) is 4.55. The van der Waals surface area contributed by atoms with E-state index < -0.39 is 24.5 Å². The topological polar surface area (TPSA) is 109 Å². The number of aromatic nitrogens is 1. The van der Waals surface area contributed by atoms with Gasteiger partial charge in [-0.3, -0.25) is 14.9 Å². The van der Waals surface area contributed by atoms with Gasteiger partial charge in [-0.25, -0.2) is 9.78 Å². The molecule has 0 unspecified atom stereocenters. The lowest BCUT2D eigenvalue weighted by Crippen LogP contribution is -2.35. The van der Waals surface area contributed by atoms with Gasteiger partial charge in [-0.2, -0.15) is 0 Å². The Balaban J connectivity index is 1.40. The second kappa shape index (κ2) is 9.54. The third-order valence-corrected chi connectivity index (χ3v) is 6.07. The molecule has 4 rings (SSSR count). The number of ether oxygens (including phenoxy) is 1. The molecule has 0 saturated carbocycles. The van der Waals surface area contributed by atoms with Gasteiger partial charge in [0.15, 0.2) is 5.13 Å². The molecule has 2 aromatic carbocycles. The quantitative estimate of drug-likeness (QED) is 0.520. The summed E-state index contributed by atoms with van der Waals surface area (Å²) in [7, 11) is 0. The SMILES string of the molecule is C#CCN(CC(=O)O)C(=O)c1cnc(NC(=O)OCC2c3ccccc3-c3ccccc32)s1. The molecule has 1 aliphatic rings. The van der Waals surface area contributed by atoms with Crippen LogP contribution in [0.4, 0.5) is 9.93 Å². The average Bonchev–Trinajstić information content (AvgIpc) is 3.39. The molecule has 1 heterocycles. The fourth-order valence-electron chi connectivity index (χ4n) is 3.78. The molecule has 0 fully saturated rings. The number of thiazole rings is 1. The van der Waals surface area contributed by atoms with E-state index in [1.807, 2.05) is 36.4 Å². The number of nitrogens with one attached hydrogen (secondary N) is 1. The molecule has 0 saturated heterocycles. The summed E-state index contributed by atoms with van der Waals surface area (Å²) in [5, 5.41) is 11.6. The number of benzene rings is 2. The van der Waals surface area contributed by atoms with Gasteiger partial charge in [0.2, 0.25) is 0 Å². The van der Waals surface area contributed by atoms with Crippen LogP contribution in [0.3, 0.4) is 0 Å². The van der Waals surface area contributed by atoms with Crippen molar-refractivity contribution in [2.45, 2.75) is 5.92 Å². The number of hydrogen-bond acceptors (Lipinski definition) is 6. The Morgan fingerprint density at radius 3 is 2.36 bits per heavy atom. The molecule has 166 valence electrons. The number of amides is 2. The first-order valence-corrected chi connectivity index (χ1v) is 10.8. The van der Waals surface area contributed by atoms with Crippen LogP contribution in [0.15, 0.2) is 54.7 Å². The first-order chi connectivity index (χ1) is 16.0. The van der Waals surface area contributed by atoms with Gasteiger partial charge in [0, 0.05) is 5.92 Å². The van der Waals surface area contributed by atoms with E-state index in [4.69, 9.17) is 16.3 Å². The number of nitrogens with zero attached hydrogens (tertiary/aromatic N) is 2. The van der Waals surface area contributed by atoms with E-state index in [9.17, 15) is 14.4 Å². The Kier molecular flexibility index (Phi) is 6.38. The molecule has 0 aliphatic heterocycles. The minimum atomic E-state index is -1.18. The van der Waals surface area contributed by atoms with Crippen molar-refractivity contribution < 1.29 is 24.2 Å². The number of terminal acetylenes is 1. The first kappa shape index (κ1) is 22.0. The van der Waals surface area contributed by atoms with Crippen molar-refractivity contribution in [1.29, 1.82) is 0 Å². The summed E-state index contributed by atoms with van der Waals surface area (Å²) in [6, 6.07) is 16.0. The van der Waals surface area contributed by atoms with Crippen LogP contribution in [0.5, 0.6) is 0 Å². The zero-order chi connectivity index (χ0) is 23.4. The van der Waals surface area contributed by atoms with Gasteiger partial charge in [0.25, 0.3) is 5.91 Å². The molecule has 2 amide bonds. The summed E-state index contributed by atoms with van der Waals surface area (Å²) in [6.45, 7) is -0.542. The third kappa shape index (κ3) is 4.71. The third-order valence-electron chi connectivity index (χ3n) is 5.16. The van der Waals surface area contributed by atoms with Gasteiger partial charge < -0.3 is 14.7 Å². The maximum Gasteiger partial charge on any atom is 0.413 e. The van der Waals surface area contributed by atoms with Crippen molar-refractivity contribution in [3.63, 3.8) is 0 Å². The standard InChI is InChI=1S/C24H19N3O5S/c1-2-11-27(13-21(28)29)22(30)20-12-25-23(33-20)26-24(31)32-14-19-17-9-5-3-7-15(17)16-8-4-6-10-18(16)19/h1,3-10,12,19H,11,13-14H2,(H,28,29)(H,25,26,31). The second-order valence-corrected chi connectivity index (χ2v) is 8.27. The van der Waals surface area contributed by atoms with E-state index in [-0.39, 0.29) is 29.1 Å². The maximum absolute atomic E-state index is 12.5. The lowest BCUT2D eigenvalue weighted by molar-refractivity contribution is -0.137. The summed E-state index contributed by atoms with van der Waals surface area (Å²) in [5.41, 5.74) is 4.45. The number of rotatable bonds is 7. The summed E-state index contributed by atoms with van der Waals surface area (Å²) in [4.78, 5) is 41.0.